The minimum atomic E-state index is 0.306. The van der Waals surface area contributed by atoms with E-state index in [9.17, 15) is 0 Å². The van der Waals surface area contributed by atoms with Gasteiger partial charge in [0.15, 0.2) is 0 Å². The van der Waals surface area contributed by atoms with Crippen molar-refractivity contribution in [3.8, 4) is 0 Å². The van der Waals surface area contributed by atoms with E-state index in [4.69, 9.17) is 0 Å². The van der Waals surface area contributed by atoms with Crippen LogP contribution in [0.2, 0.25) is 0 Å². The lowest BCUT2D eigenvalue weighted by Crippen LogP contribution is -2.30. The third-order valence-electron chi connectivity index (χ3n) is 1.14. The topological polar surface area (TPSA) is 36.4 Å². The van der Waals surface area contributed by atoms with Gasteiger partial charge in [-0.15, -0.1) is 0 Å². The zero-order chi connectivity index (χ0) is 7.11. The van der Waals surface area contributed by atoms with Crippen LogP contribution in [0.3, 0.4) is 0 Å². The van der Waals surface area contributed by atoms with E-state index < -0.39 is 0 Å². The van der Waals surface area contributed by atoms with Crippen molar-refractivity contribution in [2.75, 3.05) is 27.2 Å². The van der Waals surface area contributed by atoms with Gasteiger partial charge in [-0.25, -0.2) is 0 Å². The second kappa shape index (κ2) is 5.72. The van der Waals surface area contributed by atoms with Crippen molar-refractivity contribution in [3.63, 3.8) is 0 Å². The Balaban J connectivity index is 3.29. The van der Waals surface area contributed by atoms with E-state index in [1.54, 1.807) is 0 Å². The first-order chi connectivity index (χ1) is 4.35. The molecule has 0 fully saturated rings. The van der Waals surface area contributed by atoms with Gasteiger partial charge in [-0.3, -0.25) is 4.99 Å². The van der Waals surface area contributed by atoms with Crippen molar-refractivity contribution < 1.29 is 0 Å². The predicted octanol–water partition coefficient (Wildman–Crippen LogP) is -0.506. The lowest BCUT2D eigenvalue weighted by atomic mass is 10.3. The Morgan fingerprint density at radius 2 is 1.78 bits per heavy atom. The molecule has 0 aromatic heterocycles. The lowest BCUT2D eigenvalue weighted by Gasteiger charge is -2.08. The standard InChI is InChI=1S/C6H15N3/c1-7-4-6(9-3)5-8-2/h6-8H,3-5H2,1-2H3. The molecule has 0 heterocycles. The van der Waals surface area contributed by atoms with Crippen molar-refractivity contribution in [2.24, 2.45) is 4.99 Å². The Kier molecular flexibility index (Phi) is 5.46. The first-order valence-electron chi connectivity index (χ1n) is 3.10. The van der Waals surface area contributed by atoms with Crippen LogP contribution in [0, 0.1) is 0 Å². The molecule has 0 amide bonds. The van der Waals surface area contributed by atoms with Crippen molar-refractivity contribution in [3.05, 3.63) is 0 Å². The molecule has 54 valence electrons. The van der Waals surface area contributed by atoms with Gasteiger partial charge in [0.25, 0.3) is 0 Å². The molecule has 0 aliphatic heterocycles. The molecule has 0 aliphatic carbocycles. The number of hydrogen-bond donors (Lipinski definition) is 2. The van der Waals surface area contributed by atoms with Crippen LogP contribution in [-0.2, 0) is 0 Å². The molecule has 9 heavy (non-hydrogen) atoms. The number of rotatable bonds is 5. The van der Waals surface area contributed by atoms with Crippen LogP contribution in [0.25, 0.3) is 0 Å². The quantitative estimate of drug-likeness (QED) is 0.491. The fraction of sp³-hybridized carbons (Fsp3) is 0.833. The first kappa shape index (κ1) is 8.59. The molecule has 0 saturated heterocycles. The molecule has 0 atom stereocenters. The molecule has 0 spiro atoms. The molecule has 2 N–H and O–H groups in total. The van der Waals surface area contributed by atoms with Crippen LogP contribution < -0.4 is 10.6 Å². The van der Waals surface area contributed by atoms with Gasteiger partial charge in [-0.1, -0.05) is 0 Å². The summed E-state index contributed by atoms with van der Waals surface area (Å²) in [5, 5.41) is 6.06. The maximum absolute atomic E-state index is 3.89. The average molecular weight is 129 g/mol. The Morgan fingerprint density at radius 1 is 1.33 bits per heavy atom. The monoisotopic (exact) mass is 129 g/mol. The van der Waals surface area contributed by atoms with Crippen LogP contribution >= 0.6 is 0 Å². The summed E-state index contributed by atoms with van der Waals surface area (Å²) in [6, 6.07) is 0.306. The lowest BCUT2D eigenvalue weighted by molar-refractivity contribution is 0.588. The van der Waals surface area contributed by atoms with Gasteiger partial charge in [-0.2, -0.15) is 0 Å². The molecular weight excluding hydrogens is 114 g/mol. The molecule has 3 nitrogen and oxygen atoms in total. The van der Waals surface area contributed by atoms with Gasteiger partial charge < -0.3 is 10.6 Å². The number of likely N-dealkylation sites (N-methyl/N-ethyl adjacent to an activating group) is 2. The van der Waals surface area contributed by atoms with Gasteiger partial charge in [0, 0.05) is 13.1 Å². The van der Waals surface area contributed by atoms with Crippen LogP contribution in [0.1, 0.15) is 0 Å². The number of hydrogen-bond acceptors (Lipinski definition) is 3. The minimum absolute atomic E-state index is 0.306. The smallest absolute Gasteiger partial charge is 0.0740 e. The highest BCUT2D eigenvalue weighted by molar-refractivity contribution is 5.24. The van der Waals surface area contributed by atoms with E-state index in [1.807, 2.05) is 14.1 Å². The molecule has 0 aliphatic rings. The Labute approximate surface area is 56.6 Å². The van der Waals surface area contributed by atoms with Gasteiger partial charge in [0.2, 0.25) is 0 Å². The van der Waals surface area contributed by atoms with Gasteiger partial charge in [-0.05, 0) is 20.8 Å². The van der Waals surface area contributed by atoms with E-state index in [1.165, 1.54) is 0 Å². The Morgan fingerprint density at radius 3 is 2.00 bits per heavy atom. The summed E-state index contributed by atoms with van der Waals surface area (Å²) in [5.74, 6) is 0. The molecule has 0 aromatic rings. The summed E-state index contributed by atoms with van der Waals surface area (Å²) in [5.41, 5.74) is 0. The Hall–Kier alpha value is -0.410. The zero-order valence-corrected chi connectivity index (χ0v) is 6.15. The fourth-order valence-electron chi connectivity index (χ4n) is 0.673. The molecule has 0 bridgehead atoms. The van der Waals surface area contributed by atoms with Crippen molar-refractivity contribution in [1.29, 1.82) is 0 Å². The molecule has 0 unspecified atom stereocenters. The number of nitrogens with one attached hydrogen (secondary N) is 2. The largest absolute Gasteiger partial charge is 0.318 e. The van der Waals surface area contributed by atoms with Gasteiger partial charge in [0.1, 0.15) is 0 Å². The van der Waals surface area contributed by atoms with E-state index in [0.717, 1.165) is 13.1 Å². The van der Waals surface area contributed by atoms with Crippen LogP contribution in [0.5, 0.6) is 0 Å². The Bertz CT molecular complexity index is 66.7. The summed E-state index contributed by atoms with van der Waals surface area (Å²) in [4.78, 5) is 3.89. The van der Waals surface area contributed by atoms with Crippen LogP contribution in [0.15, 0.2) is 4.99 Å². The van der Waals surface area contributed by atoms with Crippen molar-refractivity contribution in [1.82, 2.24) is 10.6 Å². The van der Waals surface area contributed by atoms with Gasteiger partial charge >= 0.3 is 0 Å². The normalized spacial score (nSPS) is 10.1. The SMILES string of the molecule is C=NC(CNC)CNC. The summed E-state index contributed by atoms with van der Waals surface area (Å²) >= 11 is 0. The highest BCUT2D eigenvalue weighted by Gasteiger charge is 1.99. The van der Waals surface area contributed by atoms with E-state index in [2.05, 4.69) is 22.3 Å². The number of aliphatic imine (C=N–C) groups is 1. The van der Waals surface area contributed by atoms with Crippen molar-refractivity contribution in [2.45, 2.75) is 6.04 Å². The summed E-state index contributed by atoms with van der Waals surface area (Å²) < 4.78 is 0. The zero-order valence-electron chi connectivity index (χ0n) is 6.15. The van der Waals surface area contributed by atoms with E-state index in [-0.39, 0.29) is 0 Å². The third kappa shape index (κ3) is 4.12. The highest BCUT2D eigenvalue weighted by Crippen LogP contribution is 1.82. The fourth-order valence-corrected chi connectivity index (χ4v) is 0.673. The second-order valence-corrected chi connectivity index (χ2v) is 1.95. The molecule has 0 aromatic carbocycles. The summed E-state index contributed by atoms with van der Waals surface area (Å²) in [6.45, 7) is 5.25. The molecule has 0 rings (SSSR count). The van der Waals surface area contributed by atoms with E-state index >= 15 is 0 Å². The predicted molar refractivity (Wildman–Crippen MR) is 41.2 cm³/mol. The molecule has 3 heteroatoms. The third-order valence-corrected chi connectivity index (χ3v) is 1.14. The maximum atomic E-state index is 3.89. The first-order valence-corrected chi connectivity index (χ1v) is 3.10. The van der Waals surface area contributed by atoms with Crippen molar-refractivity contribution >= 4 is 6.72 Å². The summed E-state index contributed by atoms with van der Waals surface area (Å²) in [7, 11) is 3.82. The van der Waals surface area contributed by atoms with Crippen LogP contribution in [-0.4, -0.2) is 39.9 Å². The van der Waals surface area contributed by atoms with E-state index in [0.29, 0.717) is 6.04 Å². The average Bonchev–Trinajstić information content (AvgIpc) is 1.88. The maximum Gasteiger partial charge on any atom is 0.0740 e. The molecular formula is C6H15N3. The minimum Gasteiger partial charge on any atom is -0.318 e. The second-order valence-electron chi connectivity index (χ2n) is 1.95. The molecule has 0 radical (unpaired) electrons. The van der Waals surface area contributed by atoms with Crippen LogP contribution in [0.4, 0.5) is 0 Å². The highest BCUT2D eigenvalue weighted by atomic mass is 14.9. The van der Waals surface area contributed by atoms with Gasteiger partial charge in [0.05, 0.1) is 6.04 Å². The number of nitrogens with zero attached hydrogens (tertiary/aromatic N) is 1. The molecule has 0 saturated carbocycles. The summed E-state index contributed by atoms with van der Waals surface area (Å²) in [6.07, 6.45) is 0.